The third-order valence-corrected chi connectivity index (χ3v) is 6.40. The third kappa shape index (κ3) is 6.02. The van der Waals surface area contributed by atoms with Crippen molar-refractivity contribution in [2.75, 3.05) is 31.5 Å². The van der Waals surface area contributed by atoms with Gasteiger partial charge in [-0.3, -0.25) is 14.5 Å². The van der Waals surface area contributed by atoms with E-state index in [1.165, 1.54) is 34.1 Å². The molecular weight excluding hydrogens is 512 g/mol. The highest BCUT2D eigenvalue weighted by Crippen LogP contribution is 2.27. The van der Waals surface area contributed by atoms with E-state index >= 15 is 0 Å². The topological polar surface area (TPSA) is 108 Å². The number of halogens is 4. The molecule has 1 fully saturated rings. The van der Waals surface area contributed by atoms with E-state index < -0.39 is 24.0 Å². The number of hydrogen-bond acceptors (Lipinski definition) is 4. The van der Waals surface area contributed by atoms with E-state index in [4.69, 9.17) is 52.1 Å². The summed E-state index contributed by atoms with van der Waals surface area (Å²) in [7, 11) is 0. The Morgan fingerprint density at radius 1 is 0.909 bits per heavy atom. The van der Waals surface area contributed by atoms with E-state index in [0.29, 0.717) is 22.2 Å². The van der Waals surface area contributed by atoms with Gasteiger partial charge in [-0.1, -0.05) is 46.4 Å². The number of nitrogens with zero attached hydrogens (tertiary/aromatic N) is 2. The maximum Gasteiger partial charge on any atom is 0.323 e. The first-order valence-electron chi connectivity index (χ1n) is 9.99. The Labute approximate surface area is 210 Å². The van der Waals surface area contributed by atoms with E-state index in [-0.39, 0.29) is 41.8 Å². The minimum absolute atomic E-state index is 0.187. The predicted molar refractivity (Wildman–Crippen MR) is 130 cm³/mol. The summed E-state index contributed by atoms with van der Waals surface area (Å²) >= 11 is 24.0. The van der Waals surface area contributed by atoms with Gasteiger partial charge in [0.1, 0.15) is 0 Å². The van der Waals surface area contributed by atoms with E-state index in [1.54, 1.807) is 12.1 Å². The molecule has 2 aromatic rings. The lowest BCUT2D eigenvalue weighted by molar-refractivity contribution is -0.132. The minimum atomic E-state index is -1.20. The highest BCUT2D eigenvalue weighted by atomic mass is 35.5. The zero-order valence-electron chi connectivity index (χ0n) is 17.3. The number of rotatable bonds is 5. The molecule has 2 aromatic carbocycles. The van der Waals surface area contributed by atoms with Crippen molar-refractivity contribution in [3.05, 3.63) is 62.1 Å². The molecule has 0 radical (unpaired) electrons. The van der Waals surface area contributed by atoms with Gasteiger partial charge in [-0.25, -0.2) is 4.79 Å². The summed E-state index contributed by atoms with van der Waals surface area (Å²) in [6.45, 7) is 0.899. The fourth-order valence-electron chi connectivity index (χ4n) is 3.38. The third-order valence-electron chi connectivity index (χ3n) is 4.93. The van der Waals surface area contributed by atoms with Crippen molar-refractivity contribution in [2.45, 2.75) is 12.6 Å². The monoisotopic (exact) mass is 531 g/mol. The summed E-state index contributed by atoms with van der Waals surface area (Å²) in [5.74, 6) is -0.994. The molecule has 176 valence electrons. The summed E-state index contributed by atoms with van der Waals surface area (Å²) < 4.78 is 0. The standard InChI is InChI=1S/C21H21Cl4N5O3/c22-14-4-2-12(10-16(14)24)20(32)29-8-1-9-30(19(29)18(31)27-7-6-26)21(33)28-13-3-5-15(23)17(25)11-13/h2-5,10-11,19H,1,6-9,26H2,(H,27,31)(H,28,33). The van der Waals surface area contributed by atoms with Gasteiger partial charge in [0.15, 0.2) is 6.17 Å². The van der Waals surface area contributed by atoms with Crippen molar-refractivity contribution in [3.8, 4) is 0 Å². The normalized spacial score (nSPS) is 15.8. The Kier molecular flexibility index (Phi) is 8.67. The van der Waals surface area contributed by atoms with Gasteiger partial charge in [0, 0.05) is 37.4 Å². The number of nitrogens with two attached hydrogens (primary N) is 1. The highest BCUT2D eigenvalue weighted by Gasteiger charge is 2.40. The molecule has 4 N–H and O–H groups in total. The van der Waals surface area contributed by atoms with Crippen LogP contribution in [0.3, 0.4) is 0 Å². The second kappa shape index (κ2) is 11.3. The Balaban J connectivity index is 1.90. The summed E-state index contributed by atoms with van der Waals surface area (Å²) in [5, 5.41) is 6.47. The lowest BCUT2D eigenvalue weighted by atomic mass is 10.1. The summed E-state index contributed by atoms with van der Waals surface area (Å²) in [6.07, 6.45) is -0.738. The van der Waals surface area contributed by atoms with Crippen LogP contribution in [0.2, 0.25) is 20.1 Å². The molecule has 1 heterocycles. The van der Waals surface area contributed by atoms with Gasteiger partial charge in [-0.2, -0.15) is 0 Å². The Bertz CT molecular complexity index is 1070. The second-order valence-electron chi connectivity index (χ2n) is 7.19. The average molecular weight is 533 g/mol. The molecule has 1 saturated heterocycles. The maximum atomic E-state index is 13.3. The fraction of sp³-hybridized carbons (Fsp3) is 0.286. The fourth-order valence-corrected chi connectivity index (χ4v) is 3.98. The van der Waals surface area contributed by atoms with Crippen molar-refractivity contribution in [1.82, 2.24) is 15.1 Å². The number of carbonyl (C=O) groups is 3. The van der Waals surface area contributed by atoms with Crippen LogP contribution in [0.25, 0.3) is 0 Å². The molecule has 0 bridgehead atoms. The first-order valence-corrected chi connectivity index (χ1v) is 11.5. The van der Waals surface area contributed by atoms with Crippen LogP contribution in [-0.4, -0.2) is 60.0 Å². The number of benzene rings is 2. The maximum absolute atomic E-state index is 13.3. The Morgan fingerprint density at radius 3 is 2.18 bits per heavy atom. The molecule has 0 saturated carbocycles. The van der Waals surface area contributed by atoms with Crippen LogP contribution in [0.1, 0.15) is 16.8 Å². The number of hydrogen-bond donors (Lipinski definition) is 3. The highest BCUT2D eigenvalue weighted by molar-refractivity contribution is 6.42. The molecule has 4 amide bonds. The smallest absolute Gasteiger partial charge is 0.323 e. The van der Waals surface area contributed by atoms with Gasteiger partial charge < -0.3 is 21.3 Å². The van der Waals surface area contributed by atoms with Crippen molar-refractivity contribution in [1.29, 1.82) is 0 Å². The lowest BCUT2D eigenvalue weighted by Crippen LogP contribution is -2.64. The second-order valence-corrected chi connectivity index (χ2v) is 8.82. The van der Waals surface area contributed by atoms with E-state index in [0.717, 1.165) is 0 Å². The molecule has 1 atom stereocenters. The molecule has 1 unspecified atom stereocenters. The van der Waals surface area contributed by atoms with Gasteiger partial charge in [-0.05, 0) is 42.8 Å². The van der Waals surface area contributed by atoms with Crippen molar-refractivity contribution in [2.24, 2.45) is 5.73 Å². The SMILES string of the molecule is NCCNC(=O)C1N(C(=O)Nc2ccc(Cl)c(Cl)c2)CCCN1C(=O)c1ccc(Cl)c(Cl)c1. The van der Waals surface area contributed by atoms with Crippen molar-refractivity contribution < 1.29 is 14.4 Å². The first-order chi connectivity index (χ1) is 15.7. The average Bonchev–Trinajstić information content (AvgIpc) is 2.80. The first kappa shape index (κ1) is 25.4. The van der Waals surface area contributed by atoms with Crippen LogP contribution < -0.4 is 16.4 Å². The van der Waals surface area contributed by atoms with Crippen molar-refractivity contribution >= 4 is 69.9 Å². The number of anilines is 1. The van der Waals surface area contributed by atoms with Crippen LogP contribution in [0.4, 0.5) is 10.5 Å². The van der Waals surface area contributed by atoms with E-state index in [9.17, 15) is 14.4 Å². The zero-order valence-corrected chi connectivity index (χ0v) is 20.3. The number of amides is 4. The molecule has 8 nitrogen and oxygen atoms in total. The quantitative estimate of drug-likeness (QED) is 0.539. The zero-order chi connectivity index (χ0) is 24.1. The molecule has 0 spiro atoms. The molecule has 0 aliphatic carbocycles. The predicted octanol–water partition coefficient (Wildman–Crippen LogP) is 4.08. The molecule has 33 heavy (non-hydrogen) atoms. The van der Waals surface area contributed by atoms with Gasteiger partial charge >= 0.3 is 6.03 Å². The van der Waals surface area contributed by atoms with Crippen LogP contribution >= 0.6 is 46.4 Å². The summed E-state index contributed by atoms with van der Waals surface area (Å²) in [5.41, 5.74) is 6.14. The number of carbonyl (C=O) groups excluding carboxylic acids is 3. The number of urea groups is 1. The van der Waals surface area contributed by atoms with Crippen LogP contribution in [0.15, 0.2) is 36.4 Å². The minimum Gasteiger partial charge on any atom is -0.351 e. The molecule has 1 aliphatic rings. The Morgan fingerprint density at radius 2 is 1.55 bits per heavy atom. The van der Waals surface area contributed by atoms with Gasteiger partial charge in [0.2, 0.25) is 0 Å². The molecule has 12 heteroatoms. The van der Waals surface area contributed by atoms with Gasteiger partial charge in [-0.15, -0.1) is 0 Å². The van der Waals surface area contributed by atoms with Crippen LogP contribution in [-0.2, 0) is 4.79 Å². The molecule has 3 rings (SSSR count). The largest absolute Gasteiger partial charge is 0.351 e. The summed E-state index contributed by atoms with van der Waals surface area (Å²) in [6, 6.07) is 8.48. The van der Waals surface area contributed by atoms with Gasteiger partial charge in [0.05, 0.1) is 20.1 Å². The van der Waals surface area contributed by atoms with E-state index in [2.05, 4.69) is 10.6 Å². The lowest BCUT2D eigenvalue weighted by Gasteiger charge is -2.42. The van der Waals surface area contributed by atoms with Crippen LogP contribution in [0, 0.1) is 0 Å². The number of nitrogens with one attached hydrogen (secondary N) is 2. The molecular formula is C21H21Cl4N5O3. The summed E-state index contributed by atoms with van der Waals surface area (Å²) in [4.78, 5) is 42.0. The van der Waals surface area contributed by atoms with E-state index in [1.807, 2.05) is 0 Å². The molecule has 1 aliphatic heterocycles. The van der Waals surface area contributed by atoms with Crippen LogP contribution in [0.5, 0.6) is 0 Å². The molecule has 0 aromatic heterocycles. The van der Waals surface area contributed by atoms with Gasteiger partial charge in [0.25, 0.3) is 11.8 Å². The Hall–Kier alpha value is -2.23. The van der Waals surface area contributed by atoms with Crippen molar-refractivity contribution in [3.63, 3.8) is 0 Å².